The summed E-state index contributed by atoms with van der Waals surface area (Å²) in [6.07, 6.45) is -0.518. The highest BCUT2D eigenvalue weighted by molar-refractivity contribution is 5.53. The SMILES string of the molecule is Cc1ccc(C(C)O)c2c1OCO2. The Kier molecular flexibility index (Phi) is 1.88. The minimum Gasteiger partial charge on any atom is -0.453 e. The van der Waals surface area contributed by atoms with E-state index in [0.717, 1.165) is 16.9 Å². The molecule has 1 N–H and O–H groups in total. The van der Waals surface area contributed by atoms with Gasteiger partial charge in [-0.1, -0.05) is 12.1 Å². The summed E-state index contributed by atoms with van der Waals surface area (Å²) in [5.74, 6) is 1.45. The van der Waals surface area contributed by atoms with Crippen LogP contribution in [0, 0.1) is 6.92 Å². The van der Waals surface area contributed by atoms with Crippen molar-refractivity contribution in [1.82, 2.24) is 0 Å². The lowest BCUT2D eigenvalue weighted by molar-refractivity contribution is 0.164. The first-order valence-electron chi connectivity index (χ1n) is 4.27. The van der Waals surface area contributed by atoms with Crippen LogP contribution < -0.4 is 9.47 Å². The second-order valence-electron chi connectivity index (χ2n) is 3.21. The van der Waals surface area contributed by atoms with Gasteiger partial charge in [0.25, 0.3) is 0 Å². The van der Waals surface area contributed by atoms with Gasteiger partial charge < -0.3 is 14.6 Å². The molecule has 0 aromatic heterocycles. The molecule has 1 aromatic rings. The third kappa shape index (κ3) is 1.25. The summed E-state index contributed by atoms with van der Waals surface area (Å²) in [4.78, 5) is 0. The topological polar surface area (TPSA) is 38.7 Å². The van der Waals surface area contributed by atoms with Gasteiger partial charge in [0, 0.05) is 5.56 Å². The standard InChI is InChI=1S/C10H12O3/c1-6-3-4-8(7(2)11)10-9(6)12-5-13-10/h3-4,7,11H,5H2,1-2H3. The molecule has 0 saturated heterocycles. The monoisotopic (exact) mass is 180 g/mol. The van der Waals surface area contributed by atoms with Crippen LogP contribution in [0.2, 0.25) is 0 Å². The highest BCUT2D eigenvalue weighted by Gasteiger charge is 2.21. The van der Waals surface area contributed by atoms with Crippen LogP contribution >= 0.6 is 0 Å². The van der Waals surface area contributed by atoms with Crippen molar-refractivity contribution in [3.63, 3.8) is 0 Å². The molecule has 70 valence electrons. The van der Waals surface area contributed by atoms with E-state index < -0.39 is 6.10 Å². The quantitative estimate of drug-likeness (QED) is 0.715. The molecule has 1 aliphatic rings. The molecule has 1 unspecified atom stereocenters. The summed E-state index contributed by atoms with van der Waals surface area (Å²) in [5.41, 5.74) is 1.83. The van der Waals surface area contributed by atoms with Crippen molar-refractivity contribution in [2.24, 2.45) is 0 Å². The Hall–Kier alpha value is -1.22. The summed E-state index contributed by atoms with van der Waals surface area (Å²) < 4.78 is 10.6. The molecule has 0 radical (unpaired) electrons. The molecule has 0 spiro atoms. The van der Waals surface area contributed by atoms with E-state index in [1.165, 1.54) is 0 Å². The number of rotatable bonds is 1. The van der Waals surface area contributed by atoms with Crippen LogP contribution in [0.4, 0.5) is 0 Å². The van der Waals surface area contributed by atoms with Gasteiger partial charge in [-0.25, -0.2) is 0 Å². The number of fused-ring (bicyclic) bond motifs is 1. The van der Waals surface area contributed by atoms with Gasteiger partial charge >= 0.3 is 0 Å². The Bertz CT molecular complexity index is 331. The van der Waals surface area contributed by atoms with Crippen molar-refractivity contribution in [2.75, 3.05) is 6.79 Å². The Morgan fingerprint density at radius 1 is 1.31 bits per heavy atom. The third-order valence-corrected chi connectivity index (χ3v) is 2.20. The summed E-state index contributed by atoms with van der Waals surface area (Å²) in [5, 5.41) is 9.44. The molecule has 0 bridgehead atoms. The molecule has 0 aliphatic carbocycles. The van der Waals surface area contributed by atoms with Crippen molar-refractivity contribution in [3.8, 4) is 11.5 Å². The summed E-state index contributed by atoms with van der Waals surface area (Å²) >= 11 is 0. The smallest absolute Gasteiger partial charge is 0.231 e. The maximum Gasteiger partial charge on any atom is 0.231 e. The van der Waals surface area contributed by atoms with Crippen molar-refractivity contribution in [1.29, 1.82) is 0 Å². The van der Waals surface area contributed by atoms with Gasteiger partial charge in [-0.15, -0.1) is 0 Å². The fourth-order valence-corrected chi connectivity index (χ4v) is 1.48. The molecule has 0 fully saturated rings. The predicted molar refractivity (Wildman–Crippen MR) is 47.9 cm³/mol. The zero-order valence-corrected chi connectivity index (χ0v) is 7.70. The Balaban J connectivity index is 2.56. The molecule has 0 amide bonds. The van der Waals surface area contributed by atoms with Gasteiger partial charge in [-0.2, -0.15) is 0 Å². The van der Waals surface area contributed by atoms with Crippen molar-refractivity contribution in [3.05, 3.63) is 23.3 Å². The average molecular weight is 180 g/mol. The summed E-state index contributed by atoms with van der Waals surface area (Å²) in [6, 6.07) is 3.79. The summed E-state index contributed by atoms with van der Waals surface area (Å²) in [6.45, 7) is 3.92. The first-order valence-corrected chi connectivity index (χ1v) is 4.27. The first-order chi connectivity index (χ1) is 6.20. The molecule has 1 atom stereocenters. The predicted octanol–water partition coefficient (Wildman–Crippen LogP) is 1.78. The molecular weight excluding hydrogens is 168 g/mol. The zero-order valence-electron chi connectivity index (χ0n) is 7.70. The summed E-state index contributed by atoms with van der Waals surface area (Å²) in [7, 11) is 0. The van der Waals surface area contributed by atoms with Crippen LogP contribution in [0.3, 0.4) is 0 Å². The fraction of sp³-hybridized carbons (Fsp3) is 0.400. The van der Waals surface area contributed by atoms with Gasteiger partial charge in [0.15, 0.2) is 11.5 Å². The lowest BCUT2D eigenvalue weighted by Crippen LogP contribution is -1.96. The number of benzene rings is 1. The number of aryl methyl sites for hydroxylation is 1. The van der Waals surface area contributed by atoms with Crippen LogP contribution in [0.15, 0.2) is 12.1 Å². The Morgan fingerprint density at radius 2 is 2.00 bits per heavy atom. The normalized spacial score (nSPS) is 15.9. The molecule has 0 saturated carbocycles. The molecule has 13 heavy (non-hydrogen) atoms. The van der Waals surface area contributed by atoms with E-state index in [1.54, 1.807) is 6.92 Å². The van der Waals surface area contributed by atoms with Crippen LogP contribution in [0.5, 0.6) is 11.5 Å². The zero-order chi connectivity index (χ0) is 9.42. The van der Waals surface area contributed by atoms with Crippen molar-refractivity contribution in [2.45, 2.75) is 20.0 Å². The van der Waals surface area contributed by atoms with E-state index >= 15 is 0 Å². The lowest BCUT2D eigenvalue weighted by Gasteiger charge is -2.09. The molecule has 1 aromatic carbocycles. The van der Waals surface area contributed by atoms with Crippen molar-refractivity contribution >= 4 is 0 Å². The van der Waals surface area contributed by atoms with E-state index in [4.69, 9.17) is 9.47 Å². The second kappa shape index (κ2) is 2.92. The average Bonchev–Trinajstić information content (AvgIpc) is 2.53. The van der Waals surface area contributed by atoms with E-state index in [0.29, 0.717) is 5.75 Å². The number of hydrogen-bond donors (Lipinski definition) is 1. The largest absolute Gasteiger partial charge is 0.453 e. The third-order valence-electron chi connectivity index (χ3n) is 2.20. The minimum atomic E-state index is -0.518. The molecule has 3 nitrogen and oxygen atoms in total. The Morgan fingerprint density at radius 3 is 2.69 bits per heavy atom. The van der Waals surface area contributed by atoms with Crippen molar-refractivity contribution < 1.29 is 14.6 Å². The second-order valence-corrected chi connectivity index (χ2v) is 3.21. The molecule has 2 rings (SSSR count). The number of aliphatic hydroxyl groups is 1. The minimum absolute atomic E-state index is 0.250. The highest BCUT2D eigenvalue weighted by Crippen LogP contribution is 2.40. The molecule has 1 heterocycles. The molecule has 1 aliphatic heterocycles. The van der Waals surface area contributed by atoms with E-state index in [9.17, 15) is 5.11 Å². The maximum atomic E-state index is 9.44. The maximum absolute atomic E-state index is 9.44. The van der Waals surface area contributed by atoms with Crippen LogP contribution in [-0.2, 0) is 0 Å². The number of ether oxygens (including phenoxy) is 2. The Labute approximate surface area is 76.9 Å². The highest BCUT2D eigenvalue weighted by atomic mass is 16.7. The van der Waals surface area contributed by atoms with Crippen LogP contribution in [0.25, 0.3) is 0 Å². The van der Waals surface area contributed by atoms with Crippen LogP contribution in [0.1, 0.15) is 24.2 Å². The van der Waals surface area contributed by atoms with Gasteiger partial charge in [-0.05, 0) is 19.4 Å². The fourth-order valence-electron chi connectivity index (χ4n) is 1.48. The van der Waals surface area contributed by atoms with E-state index in [2.05, 4.69) is 0 Å². The lowest BCUT2D eigenvalue weighted by atomic mass is 10.1. The van der Waals surface area contributed by atoms with Gasteiger partial charge in [-0.3, -0.25) is 0 Å². The van der Waals surface area contributed by atoms with E-state index in [-0.39, 0.29) is 6.79 Å². The van der Waals surface area contributed by atoms with E-state index in [1.807, 2.05) is 19.1 Å². The van der Waals surface area contributed by atoms with Gasteiger partial charge in [0.1, 0.15) is 0 Å². The first kappa shape index (κ1) is 8.38. The van der Waals surface area contributed by atoms with Gasteiger partial charge in [0.05, 0.1) is 6.10 Å². The number of aliphatic hydroxyl groups excluding tert-OH is 1. The number of hydrogen-bond acceptors (Lipinski definition) is 3. The molecule has 3 heteroatoms. The van der Waals surface area contributed by atoms with Crippen LogP contribution in [-0.4, -0.2) is 11.9 Å². The molecular formula is C10H12O3. The van der Waals surface area contributed by atoms with Gasteiger partial charge in [0.2, 0.25) is 6.79 Å².